The molecule has 6 nitrogen and oxygen atoms in total. The van der Waals surface area contributed by atoms with Crippen molar-refractivity contribution in [1.29, 1.82) is 0 Å². The first kappa shape index (κ1) is 21.7. The molecular weight excluding hydrogens is 346 g/mol. The molecule has 1 heterocycles. The summed E-state index contributed by atoms with van der Waals surface area (Å²) in [6.45, 7) is 9.94. The Labute approximate surface area is 162 Å². The highest BCUT2D eigenvalue weighted by atomic mass is 16.8. The van der Waals surface area contributed by atoms with Gasteiger partial charge in [-0.1, -0.05) is 30.3 Å². The Kier molecular flexibility index (Phi) is 6.89. The number of carbonyl (C=O) groups is 1. The summed E-state index contributed by atoms with van der Waals surface area (Å²) in [5.74, 6) is -0.621. The van der Waals surface area contributed by atoms with Gasteiger partial charge in [0.05, 0.1) is 11.7 Å². The minimum atomic E-state index is -0.621. The fourth-order valence-corrected chi connectivity index (χ4v) is 3.57. The van der Waals surface area contributed by atoms with E-state index in [1.165, 1.54) is 0 Å². The normalized spacial score (nSPS) is 22.8. The zero-order valence-electron chi connectivity index (χ0n) is 17.1. The third kappa shape index (κ3) is 6.48. The minimum Gasteiger partial charge on any atom is -0.445 e. The summed E-state index contributed by atoms with van der Waals surface area (Å²) < 4.78 is 17.3. The number of hydrogen-bond acceptors (Lipinski definition) is 5. The molecule has 152 valence electrons. The zero-order chi connectivity index (χ0) is 20.1. The molecule has 2 atom stereocenters. The molecule has 1 aromatic carbocycles. The lowest BCUT2D eigenvalue weighted by Crippen LogP contribution is -2.48. The van der Waals surface area contributed by atoms with E-state index in [2.05, 4.69) is 5.32 Å². The number of rotatable bonds is 8. The van der Waals surface area contributed by atoms with Crippen LogP contribution in [-0.4, -0.2) is 40.8 Å². The van der Waals surface area contributed by atoms with E-state index in [0.717, 1.165) is 5.56 Å². The SMILES string of the molecule is CC1(C)O[C@@H](CC[C@@](C)(CCO)NC(=O)OCc2ccccc2)C(C)(C)O1. The van der Waals surface area contributed by atoms with Crippen LogP contribution >= 0.6 is 0 Å². The van der Waals surface area contributed by atoms with Crippen molar-refractivity contribution in [2.45, 2.75) is 83.5 Å². The lowest BCUT2D eigenvalue weighted by molar-refractivity contribution is -0.157. The third-order valence-electron chi connectivity index (χ3n) is 4.95. The Morgan fingerprint density at radius 3 is 2.44 bits per heavy atom. The van der Waals surface area contributed by atoms with Crippen LogP contribution < -0.4 is 5.32 Å². The number of aliphatic hydroxyl groups excluding tert-OH is 1. The van der Waals surface area contributed by atoms with Gasteiger partial charge in [0.15, 0.2) is 5.79 Å². The van der Waals surface area contributed by atoms with E-state index in [9.17, 15) is 9.90 Å². The van der Waals surface area contributed by atoms with Gasteiger partial charge in [0.25, 0.3) is 0 Å². The predicted octanol–water partition coefficient (Wildman–Crippen LogP) is 3.76. The monoisotopic (exact) mass is 379 g/mol. The van der Waals surface area contributed by atoms with Crippen molar-refractivity contribution in [3.8, 4) is 0 Å². The van der Waals surface area contributed by atoms with Gasteiger partial charge in [0, 0.05) is 12.1 Å². The highest BCUT2D eigenvalue weighted by Crippen LogP contribution is 2.39. The molecule has 0 aliphatic carbocycles. The maximum absolute atomic E-state index is 12.3. The standard InChI is InChI=1S/C21H33NO5/c1-19(2)17(26-20(3,4)27-19)11-12-21(5,13-14-23)22-18(24)25-15-16-9-7-6-8-10-16/h6-10,17,23H,11-15H2,1-5H3,(H,22,24)/t17-,21-/m0/s1. The molecular formula is C21H33NO5. The van der Waals surface area contributed by atoms with Gasteiger partial charge in [-0.3, -0.25) is 0 Å². The molecule has 1 aliphatic heterocycles. The number of carbonyl (C=O) groups excluding carboxylic acids is 1. The Morgan fingerprint density at radius 2 is 1.89 bits per heavy atom. The van der Waals surface area contributed by atoms with E-state index < -0.39 is 23.0 Å². The number of benzene rings is 1. The summed E-state index contributed by atoms with van der Waals surface area (Å²) in [5, 5.41) is 12.4. The van der Waals surface area contributed by atoms with E-state index in [4.69, 9.17) is 14.2 Å². The molecule has 2 rings (SSSR count). The molecule has 1 amide bonds. The highest BCUT2D eigenvalue weighted by Gasteiger charge is 2.47. The van der Waals surface area contributed by atoms with Crippen molar-refractivity contribution in [3.63, 3.8) is 0 Å². The van der Waals surface area contributed by atoms with E-state index in [0.29, 0.717) is 19.3 Å². The second-order valence-electron chi connectivity index (χ2n) is 8.47. The van der Waals surface area contributed by atoms with Crippen LogP contribution in [0.25, 0.3) is 0 Å². The van der Waals surface area contributed by atoms with Gasteiger partial charge in [-0.05, 0) is 59.4 Å². The van der Waals surface area contributed by atoms with Gasteiger partial charge in [-0.2, -0.15) is 0 Å². The fourth-order valence-electron chi connectivity index (χ4n) is 3.57. The topological polar surface area (TPSA) is 77.0 Å². The van der Waals surface area contributed by atoms with E-state index in [1.807, 2.05) is 65.0 Å². The quantitative estimate of drug-likeness (QED) is 0.719. The molecule has 2 N–H and O–H groups in total. The Morgan fingerprint density at radius 1 is 1.22 bits per heavy atom. The van der Waals surface area contributed by atoms with Crippen molar-refractivity contribution in [1.82, 2.24) is 5.32 Å². The molecule has 0 unspecified atom stereocenters. The van der Waals surface area contributed by atoms with Crippen LogP contribution in [0.2, 0.25) is 0 Å². The lowest BCUT2D eigenvalue weighted by Gasteiger charge is -2.32. The number of amides is 1. The average molecular weight is 379 g/mol. The number of nitrogens with one attached hydrogen (secondary N) is 1. The van der Waals surface area contributed by atoms with Gasteiger partial charge >= 0.3 is 6.09 Å². The molecule has 0 radical (unpaired) electrons. The number of aliphatic hydroxyl groups is 1. The maximum Gasteiger partial charge on any atom is 0.407 e. The average Bonchev–Trinajstić information content (AvgIpc) is 2.79. The summed E-state index contributed by atoms with van der Waals surface area (Å²) >= 11 is 0. The molecule has 0 aromatic heterocycles. The summed E-state index contributed by atoms with van der Waals surface area (Å²) in [7, 11) is 0. The fraction of sp³-hybridized carbons (Fsp3) is 0.667. The van der Waals surface area contributed by atoms with Crippen LogP contribution in [0.4, 0.5) is 4.79 Å². The molecule has 0 spiro atoms. The summed E-state index contributed by atoms with van der Waals surface area (Å²) in [5.41, 5.74) is -0.0661. The summed E-state index contributed by atoms with van der Waals surface area (Å²) in [6, 6.07) is 9.53. The van der Waals surface area contributed by atoms with Crippen LogP contribution in [0.3, 0.4) is 0 Å². The molecule has 1 aromatic rings. The maximum atomic E-state index is 12.3. The van der Waals surface area contributed by atoms with Crippen molar-refractivity contribution in [2.24, 2.45) is 0 Å². The predicted molar refractivity (Wildman–Crippen MR) is 103 cm³/mol. The van der Waals surface area contributed by atoms with Crippen LogP contribution in [0, 0.1) is 0 Å². The molecule has 0 bridgehead atoms. The molecule has 1 fully saturated rings. The zero-order valence-corrected chi connectivity index (χ0v) is 17.1. The Balaban J connectivity index is 1.90. The number of alkyl carbamates (subject to hydrolysis) is 1. The van der Waals surface area contributed by atoms with E-state index in [-0.39, 0.29) is 19.3 Å². The molecule has 0 saturated carbocycles. The van der Waals surface area contributed by atoms with Crippen LogP contribution in [0.1, 0.15) is 59.4 Å². The molecule has 1 saturated heterocycles. The Bertz CT molecular complexity index is 616. The highest BCUT2D eigenvalue weighted by molar-refractivity contribution is 5.68. The third-order valence-corrected chi connectivity index (χ3v) is 4.95. The van der Waals surface area contributed by atoms with Gasteiger partial charge in [-0.25, -0.2) is 4.79 Å². The van der Waals surface area contributed by atoms with E-state index in [1.54, 1.807) is 0 Å². The second kappa shape index (κ2) is 8.59. The van der Waals surface area contributed by atoms with Crippen molar-refractivity contribution in [2.75, 3.05) is 6.61 Å². The van der Waals surface area contributed by atoms with Crippen LogP contribution in [0.5, 0.6) is 0 Å². The van der Waals surface area contributed by atoms with Crippen molar-refractivity contribution in [3.05, 3.63) is 35.9 Å². The largest absolute Gasteiger partial charge is 0.445 e. The molecule has 6 heteroatoms. The summed E-state index contributed by atoms with van der Waals surface area (Å²) in [4.78, 5) is 12.3. The number of ether oxygens (including phenoxy) is 3. The van der Waals surface area contributed by atoms with Crippen molar-refractivity contribution < 1.29 is 24.1 Å². The first-order chi connectivity index (χ1) is 12.6. The smallest absolute Gasteiger partial charge is 0.407 e. The summed E-state index contributed by atoms with van der Waals surface area (Å²) in [6.07, 6.45) is 1.20. The van der Waals surface area contributed by atoms with Crippen LogP contribution in [0.15, 0.2) is 30.3 Å². The van der Waals surface area contributed by atoms with Gasteiger partial charge in [-0.15, -0.1) is 0 Å². The van der Waals surface area contributed by atoms with Gasteiger partial charge in [0.1, 0.15) is 6.61 Å². The van der Waals surface area contributed by atoms with Gasteiger partial charge in [0.2, 0.25) is 0 Å². The lowest BCUT2D eigenvalue weighted by atomic mass is 9.87. The van der Waals surface area contributed by atoms with Crippen LogP contribution in [-0.2, 0) is 20.8 Å². The van der Waals surface area contributed by atoms with Gasteiger partial charge < -0.3 is 24.6 Å². The second-order valence-corrected chi connectivity index (χ2v) is 8.47. The van der Waals surface area contributed by atoms with Crippen molar-refractivity contribution >= 4 is 6.09 Å². The van der Waals surface area contributed by atoms with E-state index >= 15 is 0 Å². The first-order valence-electron chi connectivity index (χ1n) is 9.53. The molecule has 1 aliphatic rings. The number of hydrogen-bond donors (Lipinski definition) is 2. The Hall–Kier alpha value is -1.63. The minimum absolute atomic E-state index is 0.0215. The molecule has 27 heavy (non-hydrogen) atoms. The first-order valence-corrected chi connectivity index (χ1v) is 9.53.